The van der Waals surface area contributed by atoms with Crippen molar-refractivity contribution in [3.8, 4) is 23.0 Å². The lowest BCUT2D eigenvalue weighted by Crippen LogP contribution is -2.29. The maximum Gasteiger partial charge on any atom is 0.287 e. The summed E-state index contributed by atoms with van der Waals surface area (Å²) in [5.74, 6) is -0.577. The molecule has 0 fully saturated rings. The van der Waals surface area contributed by atoms with Crippen molar-refractivity contribution in [2.45, 2.75) is 49.1 Å². The van der Waals surface area contributed by atoms with Gasteiger partial charge in [0.2, 0.25) is 11.6 Å². The lowest BCUT2D eigenvalue weighted by atomic mass is 10.3. The predicted octanol–water partition coefficient (Wildman–Crippen LogP) is 5.32. The maximum absolute atomic E-state index is 11.5. The first-order valence-electron chi connectivity index (χ1n) is 8.69. The number of rotatable bonds is 5. The summed E-state index contributed by atoms with van der Waals surface area (Å²) in [7, 11) is 2.02. The summed E-state index contributed by atoms with van der Waals surface area (Å²) in [5.41, 5.74) is -0.367. The van der Waals surface area contributed by atoms with E-state index in [-0.39, 0.29) is 32.7 Å². The average Bonchev–Trinajstić information content (AvgIpc) is 3.09. The van der Waals surface area contributed by atoms with Gasteiger partial charge in [-0.2, -0.15) is 0 Å². The third-order valence-corrected chi connectivity index (χ3v) is 6.51. The molecule has 30 heavy (non-hydrogen) atoms. The summed E-state index contributed by atoms with van der Waals surface area (Å²) in [6.45, 7) is 6.77. The van der Waals surface area contributed by atoms with Crippen molar-refractivity contribution < 1.29 is 28.8 Å². The Hall–Kier alpha value is -2.86. The van der Waals surface area contributed by atoms with Crippen LogP contribution in [0.1, 0.15) is 27.7 Å². The fourth-order valence-corrected chi connectivity index (χ4v) is 5.26. The Balaban J connectivity index is 1.66. The number of nitrogens with zero attached hydrogens (tertiary/aromatic N) is 2. The third-order valence-electron chi connectivity index (χ3n) is 4.09. The van der Waals surface area contributed by atoms with Crippen LogP contribution in [0.4, 0.5) is 11.4 Å². The van der Waals surface area contributed by atoms with E-state index in [0.717, 1.165) is 21.6 Å². The number of hydrogen-bond acceptors (Lipinski definition) is 10. The van der Waals surface area contributed by atoms with Gasteiger partial charge in [-0.25, -0.2) is 0 Å². The third kappa shape index (κ3) is 3.79. The molecule has 4 rings (SSSR count). The molecule has 0 bridgehead atoms. The van der Waals surface area contributed by atoms with Gasteiger partial charge in [0.1, 0.15) is 9.79 Å². The molecule has 0 aromatic heterocycles. The molecule has 2 aliphatic rings. The smallest absolute Gasteiger partial charge is 0.287 e. The standard InChI is InChI=1S/C18H16N2O8S2/c1-17(2)25-11-5-9(19(21)22)15(7-13(11)27-17)29-30-16-8-14-12(6-10(16)20(23)24)26-18(3,4)28-14/h5-8H,1-4H3. The Morgan fingerprint density at radius 3 is 1.27 bits per heavy atom. The first-order chi connectivity index (χ1) is 13.9. The molecule has 2 aromatic rings. The number of ether oxygens (including phenoxy) is 4. The molecule has 0 saturated carbocycles. The van der Waals surface area contributed by atoms with E-state index in [1.54, 1.807) is 27.7 Å². The van der Waals surface area contributed by atoms with Gasteiger partial charge in [-0.1, -0.05) is 0 Å². The highest BCUT2D eigenvalue weighted by Gasteiger charge is 2.36. The normalized spacial score (nSPS) is 17.1. The molecule has 2 aromatic carbocycles. The van der Waals surface area contributed by atoms with Crippen molar-refractivity contribution in [2.24, 2.45) is 0 Å². The summed E-state index contributed by atoms with van der Waals surface area (Å²) in [6, 6.07) is 5.59. The molecule has 158 valence electrons. The van der Waals surface area contributed by atoms with Crippen LogP contribution >= 0.6 is 21.6 Å². The van der Waals surface area contributed by atoms with Gasteiger partial charge >= 0.3 is 0 Å². The average molecular weight is 452 g/mol. The van der Waals surface area contributed by atoms with Crippen LogP contribution in [0, 0.1) is 20.2 Å². The van der Waals surface area contributed by atoms with E-state index in [1.165, 1.54) is 24.3 Å². The molecule has 0 aliphatic carbocycles. The Labute approximate surface area is 178 Å². The molecular weight excluding hydrogens is 436 g/mol. The van der Waals surface area contributed by atoms with Crippen LogP contribution < -0.4 is 18.9 Å². The van der Waals surface area contributed by atoms with Gasteiger partial charge in [-0.05, 0) is 21.6 Å². The number of benzene rings is 2. The fourth-order valence-electron chi connectivity index (χ4n) is 2.99. The summed E-state index contributed by atoms with van der Waals surface area (Å²) in [6.07, 6.45) is 0. The SMILES string of the molecule is CC1(C)Oc2cc(SSc3cc4c(cc3[N+](=O)[O-])OC(C)(C)O4)c([N+](=O)[O-])cc2O1. The summed E-state index contributed by atoms with van der Waals surface area (Å²) < 4.78 is 22.4. The van der Waals surface area contributed by atoms with Crippen molar-refractivity contribution >= 4 is 33.0 Å². The van der Waals surface area contributed by atoms with Gasteiger partial charge in [0.25, 0.3) is 11.4 Å². The molecule has 10 nitrogen and oxygen atoms in total. The number of hydrogen-bond donors (Lipinski definition) is 0. The summed E-state index contributed by atoms with van der Waals surface area (Å²) in [4.78, 5) is 22.6. The number of nitro groups is 2. The highest BCUT2D eigenvalue weighted by atomic mass is 33.1. The van der Waals surface area contributed by atoms with Crippen LogP contribution in [0.5, 0.6) is 23.0 Å². The van der Waals surface area contributed by atoms with Crippen molar-refractivity contribution in [3.05, 3.63) is 44.5 Å². The van der Waals surface area contributed by atoms with E-state index in [4.69, 9.17) is 18.9 Å². The number of nitro benzene ring substituents is 2. The highest BCUT2D eigenvalue weighted by molar-refractivity contribution is 8.76. The largest absolute Gasteiger partial charge is 0.449 e. The molecule has 0 unspecified atom stereocenters. The molecule has 0 N–H and O–H groups in total. The molecular formula is C18H16N2O8S2. The van der Waals surface area contributed by atoms with Crippen LogP contribution in [0.25, 0.3) is 0 Å². The zero-order valence-corrected chi connectivity index (χ0v) is 17.9. The van der Waals surface area contributed by atoms with Gasteiger partial charge in [0.15, 0.2) is 23.0 Å². The Bertz CT molecular complexity index is 1000. The van der Waals surface area contributed by atoms with Crippen LogP contribution in [0.15, 0.2) is 34.1 Å². The lowest BCUT2D eigenvalue weighted by Gasteiger charge is -2.16. The van der Waals surface area contributed by atoms with Crippen molar-refractivity contribution in [1.82, 2.24) is 0 Å². The second kappa shape index (κ2) is 6.84. The van der Waals surface area contributed by atoms with Crippen molar-refractivity contribution in [2.75, 3.05) is 0 Å². The predicted molar refractivity (Wildman–Crippen MR) is 109 cm³/mol. The highest BCUT2D eigenvalue weighted by Crippen LogP contribution is 2.53. The van der Waals surface area contributed by atoms with Crippen LogP contribution in [-0.4, -0.2) is 21.4 Å². The zero-order valence-electron chi connectivity index (χ0n) is 16.3. The second-order valence-corrected chi connectivity index (χ2v) is 9.64. The van der Waals surface area contributed by atoms with Crippen LogP contribution in [-0.2, 0) is 0 Å². The molecule has 0 radical (unpaired) electrons. The summed E-state index contributed by atoms with van der Waals surface area (Å²) in [5, 5.41) is 23.1. The quantitative estimate of drug-likeness (QED) is 0.334. The van der Waals surface area contributed by atoms with Gasteiger partial charge < -0.3 is 18.9 Å². The Kier molecular flexibility index (Phi) is 4.66. The molecule has 0 spiro atoms. The molecule has 2 aliphatic heterocycles. The zero-order chi connectivity index (χ0) is 21.8. The first kappa shape index (κ1) is 20.4. The molecule has 0 saturated heterocycles. The van der Waals surface area contributed by atoms with Crippen LogP contribution in [0.2, 0.25) is 0 Å². The number of fused-ring (bicyclic) bond motifs is 2. The first-order valence-corrected chi connectivity index (χ1v) is 10.8. The van der Waals surface area contributed by atoms with E-state index < -0.39 is 21.4 Å². The van der Waals surface area contributed by atoms with E-state index >= 15 is 0 Å². The van der Waals surface area contributed by atoms with E-state index in [9.17, 15) is 20.2 Å². The van der Waals surface area contributed by atoms with E-state index in [1.807, 2.05) is 0 Å². The van der Waals surface area contributed by atoms with E-state index in [2.05, 4.69) is 0 Å². The van der Waals surface area contributed by atoms with Crippen LogP contribution in [0.3, 0.4) is 0 Å². The van der Waals surface area contributed by atoms with Crippen molar-refractivity contribution in [1.29, 1.82) is 0 Å². The monoisotopic (exact) mass is 452 g/mol. The molecule has 2 heterocycles. The van der Waals surface area contributed by atoms with Gasteiger partial charge in [-0.3, -0.25) is 20.2 Å². The van der Waals surface area contributed by atoms with Crippen molar-refractivity contribution in [3.63, 3.8) is 0 Å². The minimum absolute atomic E-state index is 0.183. The van der Waals surface area contributed by atoms with Gasteiger partial charge in [-0.15, -0.1) is 0 Å². The van der Waals surface area contributed by atoms with Gasteiger partial charge in [0.05, 0.1) is 22.0 Å². The van der Waals surface area contributed by atoms with E-state index in [0.29, 0.717) is 11.5 Å². The minimum Gasteiger partial charge on any atom is -0.449 e. The Morgan fingerprint density at radius 1 is 0.667 bits per heavy atom. The topological polar surface area (TPSA) is 123 Å². The lowest BCUT2D eigenvalue weighted by molar-refractivity contribution is -0.388. The van der Waals surface area contributed by atoms with Gasteiger partial charge in [0, 0.05) is 39.8 Å². The maximum atomic E-state index is 11.5. The Morgan fingerprint density at radius 2 is 0.967 bits per heavy atom. The molecule has 0 atom stereocenters. The molecule has 0 amide bonds. The molecule has 12 heteroatoms. The minimum atomic E-state index is -0.935. The second-order valence-electron chi connectivity index (χ2n) is 7.42. The summed E-state index contributed by atoms with van der Waals surface area (Å²) >= 11 is 0. The fraction of sp³-hybridized carbons (Fsp3) is 0.333.